The first kappa shape index (κ1) is 11.7. The first-order valence-electron chi connectivity index (χ1n) is 5.51. The Labute approximate surface area is 100 Å². The van der Waals surface area contributed by atoms with E-state index in [0.717, 1.165) is 22.5 Å². The van der Waals surface area contributed by atoms with Crippen LogP contribution in [0.2, 0.25) is 0 Å². The van der Waals surface area contributed by atoms with Crippen LogP contribution >= 0.6 is 0 Å². The summed E-state index contributed by atoms with van der Waals surface area (Å²) < 4.78 is 1.83. The van der Waals surface area contributed by atoms with Gasteiger partial charge in [0.1, 0.15) is 6.33 Å². The molecule has 1 N–H and O–H groups in total. The van der Waals surface area contributed by atoms with Crippen molar-refractivity contribution < 1.29 is 5.11 Å². The maximum Gasteiger partial charge on any atom is 0.115 e. The van der Waals surface area contributed by atoms with E-state index in [0.29, 0.717) is 6.42 Å². The predicted octanol–water partition coefficient (Wildman–Crippen LogP) is 1.10. The van der Waals surface area contributed by atoms with Gasteiger partial charge in [-0.3, -0.25) is 4.68 Å². The highest BCUT2D eigenvalue weighted by Gasteiger charge is 2.15. The fourth-order valence-electron chi connectivity index (χ4n) is 1.91. The van der Waals surface area contributed by atoms with Crippen LogP contribution in [0.15, 0.2) is 18.7 Å². The van der Waals surface area contributed by atoms with Gasteiger partial charge in [-0.15, -0.1) is 0 Å². The number of aromatic nitrogens is 4. The first-order chi connectivity index (χ1) is 8.09. The fourth-order valence-corrected chi connectivity index (χ4v) is 1.91. The lowest BCUT2D eigenvalue weighted by Crippen LogP contribution is -2.04. The standard InChI is InChI=1S/C12H16N4O/c1-8-11(9(2)16(3)15-8)4-12(17)10-5-13-7-14-6-10/h5-7,12,17H,4H2,1-3H3. The molecule has 0 radical (unpaired) electrons. The summed E-state index contributed by atoms with van der Waals surface area (Å²) in [5.74, 6) is 0. The van der Waals surface area contributed by atoms with Crippen molar-refractivity contribution in [3.63, 3.8) is 0 Å². The molecular weight excluding hydrogens is 216 g/mol. The summed E-state index contributed by atoms with van der Waals surface area (Å²) in [6.45, 7) is 3.96. The van der Waals surface area contributed by atoms with Crippen LogP contribution in [0, 0.1) is 13.8 Å². The summed E-state index contributed by atoms with van der Waals surface area (Å²) in [5, 5.41) is 14.4. The summed E-state index contributed by atoms with van der Waals surface area (Å²) in [6, 6.07) is 0. The molecule has 2 aromatic heterocycles. The van der Waals surface area contributed by atoms with Crippen LogP contribution in [0.3, 0.4) is 0 Å². The Balaban J connectivity index is 2.22. The third-order valence-corrected chi connectivity index (χ3v) is 3.02. The molecular formula is C12H16N4O. The minimum absolute atomic E-state index is 0.541. The lowest BCUT2D eigenvalue weighted by Gasteiger charge is -2.10. The average molecular weight is 232 g/mol. The number of aliphatic hydroxyl groups is 1. The molecule has 0 aromatic carbocycles. The van der Waals surface area contributed by atoms with Gasteiger partial charge in [0.15, 0.2) is 0 Å². The maximum atomic E-state index is 10.1. The van der Waals surface area contributed by atoms with Gasteiger partial charge < -0.3 is 5.11 Å². The Hall–Kier alpha value is -1.75. The van der Waals surface area contributed by atoms with Crippen LogP contribution in [-0.4, -0.2) is 24.9 Å². The SMILES string of the molecule is Cc1nn(C)c(C)c1CC(O)c1cncnc1. The summed E-state index contributed by atoms with van der Waals surface area (Å²) in [6.07, 6.45) is 4.69. The van der Waals surface area contributed by atoms with Gasteiger partial charge in [-0.05, 0) is 19.4 Å². The minimum Gasteiger partial charge on any atom is -0.388 e. The normalized spacial score (nSPS) is 12.7. The molecule has 90 valence electrons. The van der Waals surface area contributed by atoms with E-state index in [4.69, 9.17) is 0 Å². The lowest BCUT2D eigenvalue weighted by atomic mass is 10.0. The van der Waals surface area contributed by atoms with Gasteiger partial charge in [0.25, 0.3) is 0 Å². The molecule has 0 amide bonds. The summed E-state index contributed by atoms with van der Waals surface area (Å²) in [4.78, 5) is 7.81. The molecule has 0 saturated carbocycles. The number of hydrogen-bond acceptors (Lipinski definition) is 4. The average Bonchev–Trinajstić information content (AvgIpc) is 2.57. The number of rotatable bonds is 3. The Morgan fingerprint density at radius 1 is 1.29 bits per heavy atom. The zero-order valence-electron chi connectivity index (χ0n) is 10.3. The second-order valence-electron chi connectivity index (χ2n) is 4.16. The third-order valence-electron chi connectivity index (χ3n) is 3.02. The summed E-state index contributed by atoms with van der Waals surface area (Å²) in [5.41, 5.74) is 3.86. The second-order valence-corrected chi connectivity index (χ2v) is 4.16. The number of aliphatic hydroxyl groups excluding tert-OH is 1. The van der Waals surface area contributed by atoms with Crippen LogP contribution in [0.25, 0.3) is 0 Å². The van der Waals surface area contributed by atoms with Crippen LogP contribution in [0.4, 0.5) is 0 Å². The van der Waals surface area contributed by atoms with E-state index in [1.165, 1.54) is 6.33 Å². The van der Waals surface area contributed by atoms with Crippen molar-refractivity contribution in [1.82, 2.24) is 19.7 Å². The third kappa shape index (κ3) is 2.34. The van der Waals surface area contributed by atoms with E-state index in [1.807, 2.05) is 25.6 Å². The molecule has 2 heterocycles. The van der Waals surface area contributed by atoms with E-state index in [2.05, 4.69) is 15.1 Å². The molecule has 0 fully saturated rings. The molecule has 1 unspecified atom stereocenters. The van der Waals surface area contributed by atoms with E-state index in [-0.39, 0.29) is 0 Å². The van der Waals surface area contributed by atoms with Crippen LogP contribution in [-0.2, 0) is 13.5 Å². The monoisotopic (exact) mass is 232 g/mol. The molecule has 2 rings (SSSR count). The highest BCUT2D eigenvalue weighted by atomic mass is 16.3. The molecule has 0 aliphatic carbocycles. The van der Waals surface area contributed by atoms with Crippen LogP contribution in [0.5, 0.6) is 0 Å². The number of hydrogen-bond donors (Lipinski definition) is 1. The number of nitrogens with zero attached hydrogens (tertiary/aromatic N) is 4. The lowest BCUT2D eigenvalue weighted by molar-refractivity contribution is 0.177. The maximum absolute atomic E-state index is 10.1. The Bertz CT molecular complexity index is 507. The van der Waals surface area contributed by atoms with Gasteiger partial charge >= 0.3 is 0 Å². The molecule has 5 heteroatoms. The quantitative estimate of drug-likeness (QED) is 0.860. The zero-order chi connectivity index (χ0) is 12.4. The van der Waals surface area contributed by atoms with Gasteiger partial charge in [-0.25, -0.2) is 9.97 Å². The molecule has 17 heavy (non-hydrogen) atoms. The molecule has 5 nitrogen and oxygen atoms in total. The van der Waals surface area contributed by atoms with Crippen molar-refractivity contribution in [3.8, 4) is 0 Å². The molecule has 0 spiro atoms. The molecule has 0 saturated heterocycles. The smallest absolute Gasteiger partial charge is 0.115 e. The highest BCUT2D eigenvalue weighted by Crippen LogP contribution is 2.21. The van der Waals surface area contributed by atoms with Crippen molar-refractivity contribution >= 4 is 0 Å². The van der Waals surface area contributed by atoms with E-state index >= 15 is 0 Å². The largest absolute Gasteiger partial charge is 0.388 e. The Kier molecular flexibility index (Phi) is 3.19. The van der Waals surface area contributed by atoms with Crippen molar-refractivity contribution in [3.05, 3.63) is 41.2 Å². The Morgan fingerprint density at radius 3 is 2.47 bits per heavy atom. The van der Waals surface area contributed by atoms with Crippen molar-refractivity contribution in [2.75, 3.05) is 0 Å². The van der Waals surface area contributed by atoms with Crippen molar-refractivity contribution in [2.24, 2.45) is 7.05 Å². The number of aryl methyl sites for hydroxylation is 2. The van der Waals surface area contributed by atoms with Crippen molar-refractivity contribution in [1.29, 1.82) is 0 Å². The Morgan fingerprint density at radius 2 is 1.94 bits per heavy atom. The first-order valence-corrected chi connectivity index (χ1v) is 5.51. The minimum atomic E-state index is -0.585. The van der Waals surface area contributed by atoms with Gasteiger partial charge in [0.2, 0.25) is 0 Å². The topological polar surface area (TPSA) is 63.8 Å². The zero-order valence-corrected chi connectivity index (χ0v) is 10.3. The summed E-state index contributed by atoms with van der Waals surface area (Å²) >= 11 is 0. The van der Waals surface area contributed by atoms with E-state index < -0.39 is 6.10 Å². The van der Waals surface area contributed by atoms with Crippen molar-refractivity contribution in [2.45, 2.75) is 26.4 Å². The van der Waals surface area contributed by atoms with Gasteiger partial charge in [-0.1, -0.05) is 0 Å². The van der Waals surface area contributed by atoms with Crippen LogP contribution in [0.1, 0.15) is 28.6 Å². The predicted molar refractivity (Wildman–Crippen MR) is 63.4 cm³/mol. The fraction of sp³-hybridized carbons (Fsp3) is 0.417. The van der Waals surface area contributed by atoms with Crippen LogP contribution < -0.4 is 0 Å². The van der Waals surface area contributed by atoms with Gasteiger partial charge in [0, 0.05) is 37.1 Å². The van der Waals surface area contributed by atoms with Gasteiger partial charge in [0.05, 0.1) is 11.8 Å². The molecule has 0 aliphatic rings. The van der Waals surface area contributed by atoms with E-state index in [1.54, 1.807) is 12.4 Å². The molecule has 2 aromatic rings. The summed E-state index contributed by atoms with van der Waals surface area (Å²) in [7, 11) is 1.91. The molecule has 0 bridgehead atoms. The molecule has 1 atom stereocenters. The molecule has 0 aliphatic heterocycles. The second kappa shape index (κ2) is 4.63. The highest BCUT2D eigenvalue weighted by molar-refractivity contribution is 5.26. The van der Waals surface area contributed by atoms with E-state index in [9.17, 15) is 5.11 Å². The van der Waals surface area contributed by atoms with Gasteiger partial charge in [-0.2, -0.15) is 5.10 Å².